The van der Waals surface area contributed by atoms with E-state index in [1.54, 1.807) is 20.4 Å². The monoisotopic (exact) mass is 357 g/mol. The zero-order valence-corrected chi connectivity index (χ0v) is 15.9. The predicted octanol–water partition coefficient (Wildman–Crippen LogP) is 3.39. The zero-order chi connectivity index (χ0) is 18.7. The summed E-state index contributed by atoms with van der Waals surface area (Å²) in [4.78, 5) is 19.4. The number of hydrogen-bond donors (Lipinski definition) is 0. The minimum atomic E-state index is 0.0126. The van der Waals surface area contributed by atoms with Gasteiger partial charge in [-0.25, -0.2) is 4.98 Å². The third-order valence-electron chi connectivity index (χ3n) is 4.94. The number of carbonyl (C=O) groups excluding carboxylic acids is 1. The van der Waals surface area contributed by atoms with Crippen molar-refractivity contribution in [2.45, 2.75) is 45.2 Å². The molecule has 0 aliphatic carbocycles. The van der Waals surface area contributed by atoms with Gasteiger partial charge in [-0.3, -0.25) is 4.79 Å². The van der Waals surface area contributed by atoms with E-state index >= 15 is 0 Å². The van der Waals surface area contributed by atoms with Gasteiger partial charge in [-0.2, -0.15) is 0 Å². The highest BCUT2D eigenvalue weighted by Crippen LogP contribution is 2.39. The van der Waals surface area contributed by atoms with Crippen LogP contribution >= 0.6 is 0 Å². The number of carbonyl (C=O) groups is 1. The maximum Gasteiger partial charge on any atom is 0.243 e. The molecule has 1 aliphatic rings. The van der Waals surface area contributed by atoms with Crippen molar-refractivity contribution in [3.05, 3.63) is 42.0 Å². The Labute approximate surface area is 154 Å². The average molecular weight is 357 g/mol. The first-order valence-electron chi connectivity index (χ1n) is 9.07. The summed E-state index contributed by atoms with van der Waals surface area (Å²) in [6.45, 7) is 5.25. The lowest BCUT2D eigenvalue weighted by Crippen LogP contribution is -2.34. The fraction of sp³-hybridized carbons (Fsp3) is 0.500. The van der Waals surface area contributed by atoms with Gasteiger partial charge < -0.3 is 18.9 Å². The molecule has 0 spiro atoms. The number of amides is 1. The van der Waals surface area contributed by atoms with Crippen LogP contribution in [0.25, 0.3) is 0 Å². The van der Waals surface area contributed by atoms with Crippen molar-refractivity contribution in [2.75, 3.05) is 20.8 Å². The number of hydrogen-bond acceptors (Lipinski definition) is 4. The number of ether oxygens (including phenoxy) is 2. The van der Waals surface area contributed by atoms with E-state index in [0.717, 1.165) is 42.3 Å². The maximum atomic E-state index is 13.0. The van der Waals surface area contributed by atoms with E-state index in [9.17, 15) is 4.79 Å². The molecule has 1 atom stereocenters. The Hall–Kier alpha value is -2.50. The van der Waals surface area contributed by atoms with Crippen LogP contribution in [0.2, 0.25) is 0 Å². The Morgan fingerprint density at radius 3 is 2.81 bits per heavy atom. The van der Waals surface area contributed by atoms with E-state index in [-0.39, 0.29) is 17.9 Å². The first kappa shape index (κ1) is 18.3. The van der Waals surface area contributed by atoms with Crippen LogP contribution in [0.4, 0.5) is 0 Å². The summed E-state index contributed by atoms with van der Waals surface area (Å²) < 4.78 is 12.8. The summed E-state index contributed by atoms with van der Waals surface area (Å²) in [5, 5.41) is 0. The van der Waals surface area contributed by atoms with Gasteiger partial charge in [0.25, 0.3) is 0 Å². The number of nitrogens with zero attached hydrogens (tertiary/aromatic N) is 3. The average Bonchev–Trinajstić information content (AvgIpc) is 3.30. The predicted molar refractivity (Wildman–Crippen MR) is 99.6 cm³/mol. The molecule has 0 saturated carbocycles. The van der Waals surface area contributed by atoms with Crippen LogP contribution in [0.3, 0.4) is 0 Å². The maximum absolute atomic E-state index is 13.0. The Bertz CT molecular complexity index is 769. The number of methoxy groups -OCH3 is 2. The van der Waals surface area contributed by atoms with Crippen LogP contribution < -0.4 is 9.47 Å². The molecule has 6 heteroatoms. The van der Waals surface area contributed by atoms with Gasteiger partial charge in [0.1, 0.15) is 23.9 Å². The van der Waals surface area contributed by atoms with E-state index in [2.05, 4.69) is 18.8 Å². The molecule has 0 radical (unpaired) electrons. The van der Waals surface area contributed by atoms with E-state index in [4.69, 9.17) is 9.47 Å². The highest BCUT2D eigenvalue weighted by Gasteiger charge is 2.32. The molecule has 2 heterocycles. The highest BCUT2D eigenvalue weighted by atomic mass is 16.5. The lowest BCUT2D eigenvalue weighted by Gasteiger charge is -2.27. The summed E-state index contributed by atoms with van der Waals surface area (Å²) in [5.41, 5.74) is 1.01. The molecule has 3 rings (SSSR count). The molecular weight excluding hydrogens is 330 g/mol. The molecule has 1 aromatic carbocycles. The van der Waals surface area contributed by atoms with Gasteiger partial charge in [-0.05, 0) is 31.0 Å². The first-order valence-corrected chi connectivity index (χ1v) is 9.07. The van der Waals surface area contributed by atoms with Gasteiger partial charge in [0.15, 0.2) is 0 Å². The smallest absolute Gasteiger partial charge is 0.243 e. The number of imidazole rings is 1. The topological polar surface area (TPSA) is 56.6 Å². The SMILES string of the molecule is COc1ccc(OC)c([C@H]2CCCN2C(=O)Cn2ccnc2C(C)C)c1. The molecule has 1 fully saturated rings. The highest BCUT2D eigenvalue weighted by molar-refractivity contribution is 5.77. The minimum Gasteiger partial charge on any atom is -0.497 e. The van der Waals surface area contributed by atoms with Crippen LogP contribution in [0, 0.1) is 0 Å². The second-order valence-corrected chi connectivity index (χ2v) is 6.92. The van der Waals surface area contributed by atoms with E-state index < -0.39 is 0 Å². The minimum absolute atomic E-state index is 0.0126. The number of rotatable bonds is 6. The standard InChI is InChI=1S/C20H27N3O3/c1-14(2)20-21-9-11-22(20)13-19(24)23-10-5-6-17(23)16-12-15(25-3)7-8-18(16)26-4/h7-9,11-12,14,17H,5-6,10,13H2,1-4H3/t17-/m1/s1. The van der Waals surface area contributed by atoms with Gasteiger partial charge in [-0.1, -0.05) is 13.8 Å². The number of benzene rings is 1. The molecule has 0 bridgehead atoms. The van der Waals surface area contributed by atoms with Crippen LogP contribution in [0.5, 0.6) is 11.5 Å². The van der Waals surface area contributed by atoms with Gasteiger partial charge >= 0.3 is 0 Å². The van der Waals surface area contributed by atoms with Crippen LogP contribution in [-0.2, 0) is 11.3 Å². The van der Waals surface area contributed by atoms with Crippen molar-refractivity contribution >= 4 is 5.91 Å². The van der Waals surface area contributed by atoms with Crippen molar-refractivity contribution < 1.29 is 14.3 Å². The van der Waals surface area contributed by atoms with Crippen LogP contribution in [0.15, 0.2) is 30.6 Å². The number of likely N-dealkylation sites (tertiary alicyclic amines) is 1. The summed E-state index contributed by atoms with van der Waals surface area (Å²) in [7, 11) is 3.31. The fourth-order valence-electron chi connectivity index (χ4n) is 3.68. The lowest BCUT2D eigenvalue weighted by molar-refractivity contribution is -0.132. The van der Waals surface area contributed by atoms with E-state index in [1.165, 1.54) is 0 Å². The summed E-state index contributed by atoms with van der Waals surface area (Å²) in [6, 6.07) is 5.77. The van der Waals surface area contributed by atoms with Gasteiger partial charge in [0.05, 0.1) is 20.3 Å². The van der Waals surface area contributed by atoms with Crippen molar-refractivity contribution in [1.82, 2.24) is 14.5 Å². The van der Waals surface area contributed by atoms with Gasteiger partial charge in [-0.15, -0.1) is 0 Å². The molecule has 0 unspecified atom stereocenters. The van der Waals surface area contributed by atoms with E-state index in [0.29, 0.717) is 6.54 Å². The third kappa shape index (κ3) is 3.54. The van der Waals surface area contributed by atoms with Crippen molar-refractivity contribution in [1.29, 1.82) is 0 Å². The van der Waals surface area contributed by atoms with E-state index in [1.807, 2.05) is 33.9 Å². The molecule has 0 N–H and O–H groups in total. The van der Waals surface area contributed by atoms with Crippen molar-refractivity contribution in [2.24, 2.45) is 0 Å². The molecule has 1 aliphatic heterocycles. The second kappa shape index (κ2) is 7.81. The molecule has 140 valence electrons. The quantitative estimate of drug-likeness (QED) is 0.795. The van der Waals surface area contributed by atoms with Crippen molar-refractivity contribution in [3.8, 4) is 11.5 Å². The second-order valence-electron chi connectivity index (χ2n) is 6.92. The van der Waals surface area contributed by atoms with Gasteiger partial charge in [0.2, 0.25) is 5.91 Å². The summed E-state index contributed by atoms with van der Waals surface area (Å²) >= 11 is 0. The molecule has 6 nitrogen and oxygen atoms in total. The van der Waals surface area contributed by atoms with Crippen molar-refractivity contribution in [3.63, 3.8) is 0 Å². The number of aromatic nitrogens is 2. The molecule has 26 heavy (non-hydrogen) atoms. The Morgan fingerprint density at radius 1 is 1.31 bits per heavy atom. The van der Waals surface area contributed by atoms with Gasteiger partial charge in [0, 0.05) is 30.4 Å². The summed E-state index contributed by atoms with van der Waals surface area (Å²) in [5.74, 6) is 2.90. The van der Waals surface area contributed by atoms with Crippen LogP contribution in [0.1, 0.15) is 50.0 Å². The lowest BCUT2D eigenvalue weighted by atomic mass is 10.0. The zero-order valence-electron chi connectivity index (χ0n) is 15.9. The molecular formula is C20H27N3O3. The first-order chi connectivity index (χ1) is 12.5. The normalized spacial score (nSPS) is 17.0. The third-order valence-corrected chi connectivity index (χ3v) is 4.94. The molecule has 2 aromatic rings. The molecule has 1 aromatic heterocycles. The summed E-state index contributed by atoms with van der Waals surface area (Å²) in [6.07, 6.45) is 5.55. The van der Waals surface area contributed by atoms with Crippen LogP contribution in [-0.4, -0.2) is 41.1 Å². The Morgan fingerprint density at radius 2 is 2.12 bits per heavy atom. The Kier molecular flexibility index (Phi) is 5.49. The molecule has 1 saturated heterocycles. The fourth-order valence-corrected chi connectivity index (χ4v) is 3.68. The molecule has 1 amide bonds. The largest absolute Gasteiger partial charge is 0.497 e. The Balaban J connectivity index is 1.84.